The van der Waals surface area contributed by atoms with Crippen molar-refractivity contribution in [2.75, 3.05) is 13.7 Å². The SMILES string of the molecule is COc1cccc(/C=C/C(=O)O)c1OCC(F)F. The van der Waals surface area contributed by atoms with Crippen LogP contribution in [0.25, 0.3) is 6.08 Å². The van der Waals surface area contributed by atoms with E-state index < -0.39 is 19.0 Å². The van der Waals surface area contributed by atoms with Crippen LogP contribution in [0.4, 0.5) is 8.78 Å². The number of alkyl halides is 2. The average molecular weight is 258 g/mol. The van der Waals surface area contributed by atoms with E-state index in [4.69, 9.17) is 14.6 Å². The van der Waals surface area contributed by atoms with E-state index in [1.54, 1.807) is 18.2 Å². The standard InChI is InChI=1S/C12H12F2O4/c1-17-9-4-2-3-8(5-6-11(15)16)12(9)18-7-10(13)14/h2-6,10H,7H2,1H3,(H,15,16)/b6-5+. The number of hydrogen-bond acceptors (Lipinski definition) is 3. The number of hydrogen-bond donors (Lipinski definition) is 1. The molecule has 0 aromatic heterocycles. The molecular weight excluding hydrogens is 246 g/mol. The van der Waals surface area contributed by atoms with Gasteiger partial charge in [0.25, 0.3) is 6.43 Å². The van der Waals surface area contributed by atoms with Crippen molar-refractivity contribution in [1.29, 1.82) is 0 Å². The molecule has 0 heterocycles. The summed E-state index contributed by atoms with van der Waals surface area (Å²) in [6.45, 7) is -0.783. The number of methoxy groups -OCH3 is 1. The summed E-state index contributed by atoms with van der Waals surface area (Å²) in [4.78, 5) is 10.4. The third-order valence-corrected chi connectivity index (χ3v) is 1.99. The van der Waals surface area contributed by atoms with Crippen LogP contribution in [-0.4, -0.2) is 31.2 Å². The van der Waals surface area contributed by atoms with Gasteiger partial charge in [0.05, 0.1) is 7.11 Å². The fourth-order valence-corrected chi connectivity index (χ4v) is 1.29. The first kappa shape index (κ1) is 14.0. The van der Waals surface area contributed by atoms with Crippen molar-refractivity contribution in [3.63, 3.8) is 0 Å². The minimum Gasteiger partial charge on any atom is -0.493 e. The van der Waals surface area contributed by atoms with Crippen molar-refractivity contribution in [3.8, 4) is 11.5 Å². The molecule has 1 aromatic carbocycles. The van der Waals surface area contributed by atoms with E-state index in [9.17, 15) is 13.6 Å². The summed E-state index contributed by atoms with van der Waals surface area (Å²) in [5.74, 6) is -0.779. The molecule has 4 nitrogen and oxygen atoms in total. The smallest absolute Gasteiger partial charge is 0.328 e. The topological polar surface area (TPSA) is 55.8 Å². The molecule has 0 bridgehead atoms. The number of carboxylic acid groups (broad SMARTS) is 1. The van der Waals surface area contributed by atoms with Gasteiger partial charge in [0, 0.05) is 11.6 Å². The molecule has 0 aliphatic carbocycles. The molecule has 98 valence electrons. The maximum Gasteiger partial charge on any atom is 0.328 e. The Kier molecular flexibility index (Phi) is 5.10. The minimum absolute atomic E-state index is 0.0952. The van der Waals surface area contributed by atoms with E-state index in [0.29, 0.717) is 5.56 Å². The monoisotopic (exact) mass is 258 g/mol. The van der Waals surface area contributed by atoms with Gasteiger partial charge in [0.1, 0.15) is 6.61 Å². The zero-order chi connectivity index (χ0) is 13.5. The summed E-state index contributed by atoms with van der Waals surface area (Å²) in [5.41, 5.74) is 0.359. The van der Waals surface area contributed by atoms with Gasteiger partial charge in [0.2, 0.25) is 0 Å². The zero-order valence-electron chi connectivity index (χ0n) is 9.60. The number of carbonyl (C=O) groups is 1. The van der Waals surface area contributed by atoms with Crippen LogP contribution in [0.1, 0.15) is 5.56 Å². The molecule has 1 N–H and O–H groups in total. The van der Waals surface area contributed by atoms with Crippen LogP contribution >= 0.6 is 0 Å². The molecule has 0 aliphatic rings. The first-order valence-corrected chi connectivity index (χ1v) is 5.03. The fourth-order valence-electron chi connectivity index (χ4n) is 1.29. The van der Waals surface area contributed by atoms with Crippen LogP contribution in [0.2, 0.25) is 0 Å². The summed E-state index contributed by atoms with van der Waals surface area (Å²) in [7, 11) is 1.37. The fraction of sp³-hybridized carbons (Fsp3) is 0.250. The van der Waals surface area contributed by atoms with Gasteiger partial charge in [-0.3, -0.25) is 0 Å². The summed E-state index contributed by atoms with van der Waals surface area (Å²) in [6.07, 6.45) is -0.471. The van der Waals surface area contributed by atoms with Gasteiger partial charge in [-0.1, -0.05) is 12.1 Å². The summed E-state index contributed by atoms with van der Waals surface area (Å²) in [5, 5.41) is 8.53. The van der Waals surface area contributed by atoms with Gasteiger partial charge >= 0.3 is 5.97 Å². The van der Waals surface area contributed by atoms with E-state index in [-0.39, 0.29) is 11.5 Å². The van der Waals surface area contributed by atoms with Gasteiger partial charge < -0.3 is 14.6 Å². The van der Waals surface area contributed by atoms with Gasteiger partial charge in [0.15, 0.2) is 11.5 Å². The second-order valence-corrected chi connectivity index (χ2v) is 3.25. The molecule has 0 unspecified atom stereocenters. The van der Waals surface area contributed by atoms with Gasteiger partial charge in [-0.25, -0.2) is 13.6 Å². The summed E-state index contributed by atoms with van der Waals surface area (Å²) >= 11 is 0. The van der Waals surface area contributed by atoms with E-state index in [0.717, 1.165) is 6.08 Å². The lowest BCUT2D eigenvalue weighted by Crippen LogP contribution is -2.08. The number of para-hydroxylation sites is 1. The Morgan fingerprint density at radius 1 is 1.50 bits per heavy atom. The van der Waals surface area contributed by atoms with E-state index in [1.807, 2.05) is 0 Å². The minimum atomic E-state index is -2.62. The predicted molar refractivity (Wildman–Crippen MR) is 61.2 cm³/mol. The largest absolute Gasteiger partial charge is 0.493 e. The molecule has 0 amide bonds. The van der Waals surface area contributed by atoms with Gasteiger partial charge in [-0.2, -0.15) is 0 Å². The Bertz CT molecular complexity index is 444. The lowest BCUT2D eigenvalue weighted by molar-refractivity contribution is -0.131. The number of ether oxygens (including phenoxy) is 2. The Morgan fingerprint density at radius 3 is 2.78 bits per heavy atom. The Hall–Kier alpha value is -2.11. The van der Waals surface area contributed by atoms with Crippen molar-refractivity contribution in [2.24, 2.45) is 0 Å². The molecule has 0 saturated carbocycles. The lowest BCUT2D eigenvalue weighted by atomic mass is 10.1. The van der Waals surface area contributed by atoms with E-state index >= 15 is 0 Å². The molecule has 0 aliphatic heterocycles. The maximum atomic E-state index is 12.1. The molecule has 0 saturated heterocycles. The highest BCUT2D eigenvalue weighted by Gasteiger charge is 2.11. The normalized spacial score (nSPS) is 10.9. The Balaban J connectivity index is 3.03. The molecule has 18 heavy (non-hydrogen) atoms. The number of benzene rings is 1. The van der Waals surface area contributed by atoms with Crippen LogP contribution in [0.3, 0.4) is 0 Å². The molecular formula is C12H12F2O4. The van der Waals surface area contributed by atoms with Crippen molar-refractivity contribution in [1.82, 2.24) is 0 Å². The third-order valence-electron chi connectivity index (χ3n) is 1.99. The molecule has 6 heteroatoms. The zero-order valence-corrected chi connectivity index (χ0v) is 9.60. The van der Waals surface area contributed by atoms with Crippen molar-refractivity contribution in [3.05, 3.63) is 29.8 Å². The molecule has 1 rings (SSSR count). The predicted octanol–water partition coefficient (Wildman–Crippen LogP) is 2.44. The molecule has 0 atom stereocenters. The number of halogens is 2. The van der Waals surface area contributed by atoms with Crippen LogP contribution in [0, 0.1) is 0 Å². The quantitative estimate of drug-likeness (QED) is 0.796. The number of carboxylic acids is 1. The number of aliphatic carboxylic acids is 1. The maximum absolute atomic E-state index is 12.1. The average Bonchev–Trinajstić information content (AvgIpc) is 2.33. The third kappa shape index (κ3) is 4.04. The van der Waals surface area contributed by atoms with E-state index in [1.165, 1.54) is 13.2 Å². The Morgan fingerprint density at radius 2 is 2.22 bits per heavy atom. The van der Waals surface area contributed by atoms with Crippen LogP contribution in [0.15, 0.2) is 24.3 Å². The molecule has 0 spiro atoms. The molecule has 0 radical (unpaired) electrons. The van der Waals surface area contributed by atoms with E-state index in [2.05, 4.69) is 0 Å². The summed E-state index contributed by atoms with van der Waals surface area (Å²) < 4.78 is 34.2. The first-order valence-electron chi connectivity index (χ1n) is 5.03. The van der Waals surface area contributed by atoms with Crippen molar-refractivity contribution < 1.29 is 28.2 Å². The van der Waals surface area contributed by atoms with Gasteiger partial charge in [-0.15, -0.1) is 0 Å². The second-order valence-electron chi connectivity index (χ2n) is 3.25. The van der Waals surface area contributed by atoms with Crippen molar-refractivity contribution >= 4 is 12.0 Å². The number of rotatable bonds is 6. The first-order chi connectivity index (χ1) is 8.54. The second kappa shape index (κ2) is 6.58. The highest BCUT2D eigenvalue weighted by molar-refractivity contribution is 5.86. The van der Waals surface area contributed by atoms with Crippen LogP contribution < -0.4 is 9.47 Å². The molecule has 0 fully saturated rings. The van der Waals surface area contributed by atoms with Crippen LogP contribution in [0.5, 0.6) is 11.5 Å². The van der Waals surface area contributed by atoms with Crippen LogP contribution in [-0.2, 0) is 4.79 Å². The highest BCUT2D eigenvalue weighted by atomic mass is 19.3. The Labute approximate surface area is 102 Å². The molecule has 1 aromatic rings. The lowest BCUT2D eigenvalue weighted by Gasteiger charge is -2.12. The summed E-state index contributed by atoms with van der Waals surface area (Å²) in [6, 6.07) is 4.69. The van der Waals surface area contributed by atoms with Crippen molar-refractivity contribution in [2.45, 2.75) is 6.43 Å². The highest BCUT2D eigenvalue weighted by Crippen LogP contribution is 2.32. The van der Waals surface area contributed by atoms with Gasteiger partial charge in [-0.05, 0) is 12.1 Å².